The summed E-state index contributed by atoms with van der Waals surface area (Å²) in [5.41, 5.74) is 0. The van der Waals surface area contributed by atoms with Crippen LogP contribution in [0, 0.1) is 5.92 Å². The lowest BCUT2D eigenvalue weighted by Gasteiger charge is -2.10. The lowest BCUT2D eigenvalue weighted by molar-refractivity contribution is 0.771. The van der Waals surface area contributed by atoms with Gasteiger partial charge in [0, 0.05) is 17.1 Å². The van der Waals surface area contributed by atoms with Crippen LogP contribution in [-0.4, -0.2) is 25.1 Å². The molecule has 0 spiro atoms. The number of nitrogens with zero attached hydrogens (tertiary/aromatic N) is 1. The van der Waals surface area contributed by atoms with Gasteiger partial charge in [0.1, 0.15) is 0 Å². The van der Waals surface area contributed by atoms with Crippen molar-refractivity contribution in [2.75, 3.05) is 13.1 Å². The second kappa shape index (κ2) is 7.49. The smallest absolute Gasteiger partial charge is 0.191 e. The Morgan fingerprint density at radius 3 is 2.60 bits per heavy atom. The fourth-order valence-electron chi connectivity index (χ4n) is 1.18. The molecule has 3 nitrogen and oxygen atoms in total. The van der Waals surface area contributed by atoms with Crippen molar-refractivity contribution in [2.24, 2.45) is 10.9 Å². The molecule has 0 saturated heterocycles. The summed E-state index contributed by atoms with van der Waals surface area (Å²) in [4.78, 5) is 4.38. The molecule has 0 aromatic heterocycles. The van der Waals surface area contributed by atoms with Crippen LogP contribution in [0.2, 0.25) is 0 Å². The summed E-state index contributed by atoms with van der Waals surface area (Å²) in [6, 6.07) is 0.608. The number of rotatable bonds is 4. The highest BCUT2D eigenvalue weighted by atomic mass is 127. The average molecular weight is 388 g/mol. The number of nitrogens with one attached hydrogen (secondary N) is 2. The Morgan fingerprint density at radius 2 is 2.20 bits per heavy atom. The van der Waals surface area contributed by atoms with Gasteiger partial charge in [-0.2, -0.15) is 0 Å². The zero-order valence-corrected chi connectivity index (χ0v) is 13.1. The first-order valence-electron chi connectivity index (χ1n) is 5.01. The van der Waals surface area contributed by atoms with Crippen LogP contribution in [0.3, 0.4) is 0 Å². The third-order valence-corrected chi connectivity index (χ3v) is 2.44. The minimum absolute atomic E-state index is 0. The quantitative estimate of drug-likeness (QED) is 0.441. The maximum Gasteiger partial charge on any atom is 0.191 e. The third-order valence-electron chi connectivity index (χ3n) is 2.18. The van der Waals surface area contributed by atoms with E-state index in [0.717, 1.165) is 22.9 Å². The Labute approximate surface area is 117 Å². The minimum Gasteiger partial charge on any atom is -0.357 e. The summed E-state index contributed by atoms with van der Waals surface area (Å²) in [7, 11) is 0. The van der Waals surface area contributed by atoms with Gasteiger partial charge in [0.2, 0.25) is 0 Å². The van der Waals surface area contributed by atoms with E-state index >= 15 is 0 Å². The topological polar surface area (TPSA) is 36.4 Å². The van der Waals surface area contributed by atoms with Crippen molar-refractivity contribution in [1.82, 2.24) is 10.6 Å². The van der Waals surface area contributed by atoms with E-state index in [1.54, 1.807) is 0 Å². The van der Waals surface area contributed by atoms with Crippen LogP contribution < -0.4 is 10.6 Å². The van der Waals surface area contributed by atoms with Gasteiger partial charge in [0.05, 0.1) is 6.54 Å². The molecule has 1 aliphatic rings. The summed E-state index contributed by atoms with van der Waals surface area (Å²) < 4.78 is 0.901. The normalized spacial score (nSPS) is 24.1. The summed E-state index contributed by atoms with van der Waals surface area (Å²) in [6.07, 6.45) is 1.25. The molecule has 1 saturated carbocycles. The lowest BCUT2D eigenvalue weighted by atomic mass is 10.5. The maximum atomic E-state index is 4.38. The van der Waals surface area contributed by atoms with Gasteiger partial charge in [-0.3, -0.25) is 0 Å². The van der Waals surface area contributed by atoms with E-state index < -0.39 is 0 Å². The van der Waals surface area contributed by atoms with Crippen molar-refractivity contribution in [2.45, 2.75) is 26.3 Å². The highest BCUT2D eigenvalue weighted by Crippen LogP contribution is 2.28. The van der Waals surface area contributed by atoms with Crippen LogP contribution in [-0.2, 0) is 0 Å². The predicted octanol–water partition coefficient (Wildman–Crippen LogP) is 2.48. The third kappa shape index (κ3) is 6.40. The Morgan fingerprint density at radius 1 is 1.60 bits per heavy atom. The molecule has 1 aliphatic carbocycles. The highest BCUT2D eigenvalue weighted by Gasteiger charge is 2.33. The van der Waals surface area contributed by atoms with E-state index in [1.807, 2.05) is 0 Å². The SMILES string of the molecule is C=C(Br)CN=C(NCC)NC1CC1C.I. The van der Waals surface area contributed by atoms with Crippen molar-refractivity contribution in [3.8, 4) is 0 Å². The van der Waals surface area contributed by atoms with Crippen molar-refractivity contribution in [3.63, 3.8) is 0 Å². The molecular formula is C10H19BrIN3. The number of halogens is 2. The van der Waals surface area contributed by atoms with Crippen molar-refractivity contribution in [3.05, 3.63) is 11.1 Å². The average Bonchev–Trinajstić information content (AvgIpc) is 2.78. The van der Waals surface area contributed by atoms with E-state index in [-0.39, 0.29) is 24.0 Å². The molecule has 0 aromatic rings. The number of guanidine groups is 1. The van der Waals surface area contributed by atoms with Crippen LogP contribution in [0.25, 0.3) is 0 Å². The molecule has 0 aromatic carbocycles. The molecule has 88 valence electrons. The van der Waals surface area contributed by atoms with Crippen LogP contribution in [0.15, 0.2) is 16.1 Å². The van der Waals surface area contributed by atoms with E-state index in [9.17, 15) is 0 Å². The Kier molecular flexibility index (Phi) is 7.60. The largest absolute Gasteiger partial charge is 0.357 e. The zero-order valence-electron chi connectivity index (χ0n) is 9.22. The van der Waals surface area contributed by atoms with Gasteiger partial charge >= 0.3 is 0 Å². The molecule has 5 heteroatoms. The minimum atomic E-state index is 0. The fourth-order valence-corrected chi connectivity index (χ4v) is 1.31. The molecule has 15 heavy (non-hydrogen) atoms. The highest BCUT2D eigenvalue weighted by molar-refractivity contribution is 14.0. The van der Waals surface area contributed by atoms with Gasteiger partial charge in [-0.15, -0.1) is 24.0 Å². The molecule has 0 amide bonds. The van der Waals surface area contributed by atoms with E-state index in [1.165, 1.54) is 6.42 Å². The zero-order chi connectivity index (χ0) is 10.6. The summed E-state index contributed by atoms with van der Waals surface area (Å²) in [6.45, 7) is 9.57. The molecule has 0 aliphatic heterocycles. The predicted molar refractivity (Wildman–Crippen MR) is 80.2 cm³/mol. The molecule has 1 rings (SSSR count). The van der Waals surface area contributed by atoms with Crippen molar-refractivity contribution in [1.29, 1.82) is 0 Å². The van der Waals surface area contributed by atoms with Gasteiger partial charge in [0.25, 0.3) is 0 Å². The first-order chi connectivity index (χ1) is 6.63. The maximum absolute atomic E-state index is 4.38. The van der Waals surface area contributed by atoms with Crippen LogP contribution in [0.4, 0.5) is 0 Å². The van der Waals surface area contributed by atoms with Gasteiger partial charge in [-0.25, -0.2) is 4.99 Å². The van der Waals surface area contributed by atoms with Gasteiger partial charge in [-0.1, -0.05) is 29.4 Å². The molecule has 2 N–H and O–H groups in total. The fraction of sp³-hybridized carbons (Fsp3) is 0.700. The first kappa shape index (κ1) is 15.2. The van der Waals surface area contributed by atoms with E-state index in [2.05, 4.69) is 52.0 Å². The molecule has 2 atom stereocenters. The molecule has 0 heterocycles. The molecule has 2 unspecified atom stereocenters. The Balaban J connectivity index is 0.00000196. The van der Waals surface area contributed by atoms with Crippen molar-refractivity contribution < 1.29 is 0 Å². The van der Waals surface area contributed by atoms with Crippen LogP contribution in [0.5, 0.6) is 0 Å². The molecule has 0 radical (unpaired) electrons. The number of aliphatic imine (C=N–C) groups is 1. The second-order valence-electron chi connectivity index (χ2n) is 3.68. The number of hydrogen-bond acceptors (Lipinski definition) is 1. The van der Waals surface area contributed by atoms with Gasteiger partial charge < -0.3 is 10.6 Å². The monoisotopic (exact) mass is 387 g/mol. The Bertz CT molecular complexity index is 243. The van der Waals surface area contributed by atoms with E-state index in [4.69, 9.17) is 0 Å². The second-order valence-corrected chi connectivity index (χ2v) is 4.80. The molecule has 1 fully saturated rings. The summed E-state index contributed by atoms with van der Waals surface area (Å²) in [5, 5.41) is 6.58. The van der Waals surface area contributed by atoms with E-state index in [0.29, 0.717) is 12.6 Å². The summed E-state index contributed by atoms with van der Waals surface area (Å²) >= 11 is 3.29. The van der Waals surface area contributed by atoms with Gasteiger partial charge in [0.15, 0.2) is 5.96 Å². The van der Waals surface area contributed by atoms with Crippen LogP contribution >= 0.6 is 39.9 Å². The van der Waals surface area contributed by atoms with Crippen LogP contribution in [0.1, 0.15) is 20.3 Å². The lowest BCUT2D eigenvalue weighted by Crippen LogP contribution is -2.39. The number of hydrogen-bond donors (Lipinski definition) is 2. The molecule has 0 bridgehead atoms. The standard InChI is InChI=1S/C10H18BrN3.HI/c1-4-12-10(13-6-8(3)11)14-9-5-7(9)2;/h7,9H,3-6H2,1-2H3,(H2,12,13,14);1H. The Hall–Kier alpha value is 0.220. The van der Waals surface area contributed by atoms with Crippen molar-refractivity contribution >= 4 is 45.9 Å². The molecular weight excluding hydrogens is 369 g/mol. The van der Waals surface area contributed by atoms with Gasteiger partial charge in [-0.05, 0) is 19.3 Å². The first-order valence-corrected chi connectivity index (χ1v) is 5.81. The summed E-state index contributed by atoms with van der Waals surface area (Å²) in [5.74, 6) is 1.67.